The summed E-state index contributed by atoms with van der Waals surface area (Å²) in [5, 5.41) is 4.13. The fourth-order valence-corrected chi connectivity index (χ4v) is 3.56. The van der Waals surface area contributed by atoms with Crippen molar-refractivity contribution in [1.82, 2.24) is 15.0 Å². The predicted octanol–water partition coefficient (Wildman–Crippen LogP) is 4.47. The lowest BCUT2D eigenvalue weighted by Crippen LogP contribution is -2.36. The Morgan fingerprint density at radius 3 is 2.47 bits per heavy atom. The second kappa shape index (κ2) is 8.95. The number of likely N-dealkylation sites (tertiary alicyclic amines) is 1. The van der Waals surface area contributed by atoms with E-state index in [0.717, 1.165) is 29.7 Å². The smallest absolute Gasteiger partial charge is 0.246 e. The molecule has 6 heteroatoms. The third-order valence-corrected chi connectivity index (χ3v) is 5.44. The molecule has 6 nitrogen and oxygen atoms in total. The summed E-state index contributed by atoms with van der Waals surface area (Å²) in [6.45, 7) is 3.41. The zero-order valence-corrected chi connectivity index (χ0v) is 17.2. The fourth-order valence-electron chi connectivity index (χ4n) is 3.56. The molecule has 1 aliphatic heterocycles. The van der Waals surface area contributed by atoms with Crippen LogP contribution in [0.5, 0.6) is 5.75 Å². The van der Waals surface area contributed by atoms with Gasteiger partial charge in [0, 0.05) is 30.6 Å². The van der Waals surface area contributed by atoms with Crippen LogP contribution >= 0.6 is 0 Å². The number of methoxy groups -OCH3 is 1. The van der Waals surface area contributed by atoms with Crippen LogP contribution in [0.1, 0.15) is 35.8 Å². The van der Waals surface area contributed by atoms with E-state index in [4.69, 9.17) is 9.26 Å². The minimum Gasteiger partial charge on any atom is -0.497 e. The first kappa shape index (κ1) is 19.9. The quantitative estimate of drug-likeness (QED) is 0.588. The van der Waals surface area contributed by atoms with Crippen LogP contribution in [0.25, 0.3) is 17.5 Å². The molecule has 0 saturated carbocycles. The van der Waals surface area contributed by atoms with Gasteiger partial charge in [0.2, 0.25) is 17.6 Å². The molecule has 0 atom stereocenters. The number of carbonyl (C=O) groups excluding carboxylic acids is 1. The second-order valence-electron chi connectivity index (χ2n) is 7.53. The maximum Gasteiger partial charge on any atom is 0.246 e. The van der Waals surface area contributed by atoms with Crippen LogP contribution in [0.15, 0.2) is 59.1 Å². The van der Waals surface area contributed by atoms with Gasteiger partial charge < -0.3 is 14.2 Å². The van der Waals surface area contributed by atoms with E-state index in [0.29, 0.717) is 24.8 Å². The van der Waals surface area contributed by atoms with Crippen LogP contribution in [0.2, 0.25) is 0 Å². The van der Waals surface area contributed by atoms with Crippen LogP contribution in [-0.4, -0.2) is 41.1 Å². The molecule has 0 bridgehead atoms. The maximum absolute atomic E-state index is 12.5. The second-order valence-corrected chi connectivity index (χ2v) is 7.53. The van der Waals surface area contributed by atoms with Gasteiger partial charge >= 0.3 is 0 Å². The van der Waals surface area contributed by atoms with Gasteiger partial charge in [-0.3, -0.25) is 4.79 Å². The van der Waals surface area contributed by atoms with E-state index in [1.54, 1.807) is 13.2 Å². The summed E-state index contributed by atoms with van der Waals surface area (Å²) >= 11 is 0. The lowest BCUT2D eigenvalue weighted by atomic mass is 9.96. The molecule has 1 aromatic heterocycles. The van der Waals surface area contributed by atoms with Gasteiger partial charge in [0.1, 0.15) is 5.75 Å². The molecule has 30 heavy (non-hydrogen) atoms. The number of aromatic nitrogens is 2. The molecule has 2 aromatic carbocycles. The summed E-state index contributed by atoms with van der Waals surface area (Å²) in [5.74, 6) is 2.28. The van der Waals surface area contributed by atoms with E-state index < -0.39 is 0 Å². The molecule has 1 saturated heterocycles. The number of hydrogen-bond acceptors (Lipinski definition) is 5. The highest BCUT2D eigenvalue weighted by Crippen LogP contribution is 2.28. The Bertz CT molecular complexity index is 1010. The third kappa shape index (κ3) is 4.59. The van der Waals surface area contributed by atoms with Gasteiger partial charge in [-0.2, -0.15) is 4.98 Å². The number of nitrogens with zero attached hydrogens (tertiary/aromatic N) is 3. The molecule has 0 aliphatic carbocycles. The Labute approximate surface area is 176 Å². The topological polar surface area (TPSA) is 68.5 Å². The number of piperidine rings is 1. The van der Waals surface area contributed by atoms with Crippen molar-refractivity contribution >= 4 is 12.0 Å². The number of carbonyl (C=O) groups is 1. The summed E-state index contributed by atoms with van der Waals surface area (Å²) in [6.07, 6.45) is 5.10. The van der Waals surface area contributed by atoms with Gasteiger partial charge in [-0.25, -0.2) is 0 Å². The molecule has 1 amide bonds. The van der Waals surface area contributed by atoms with Crippen LogP contribution in [-0.2, 0) is 4.79 Å². The van der Waals surface area contributed by atoms with Crippen LogP contribution in [0.3, 0.4) is 0 Å². The Kier molecular flexibility index (Phi) is 5.93. The highest BCUT2D eigenvalue weighted by molar-refractivity contribution is 5.91. The molecular formula is C24H25N3O3. The Balaban J connectivity index is 1.32. The summed E-state index contributed by atoms with van der Waals surface area (Å²) in [6, 6.07) is 15.7. The fraction of sp³-hybridized carbons (Fsp3) is 0.292. The molecule has 4 rings (SSSR count). The Morgan fingerprint density at radius 2 is 1.80 bits per heavy atom. The van der Waals surface area contributed by atoms with Gasteiger partial charge in [-0.15, -0.1) is 0 Å². The highest BCUT2D eigenvalue weighted by Gasteiger charge is 2.27. The standard InChI is InChI=1S/C24H25N3O3/c1-17-3-8-19(9-4-17)23-25-24(30-26-23)20-13-15-27(16-14-20)22(28)12-7-18-5-10-21(29-2)11-6-18/h3-12,20H,13-16H2,1-2H3/b12-7+. The third-order valence-electron chi connectivity index (χ3n) is 5.44. The van der Waals surface area contributed by atoms with Crippen LogP contribution < -0.4 is 4.74 Å². The number of ether oxygens (including phenoxy) is 1. The zero-order chi connectivity index (χ0) is 20.9. The zero-order valence-electron chi connectivity index (χ0n) is 17.2. The first-order chi connectivity index (χ1) is 14.6. The maximum atomic E-state index is 12.5. The van der Waals surface area contributed by atoms with Crippen molar-refractivity contribution in [3.8, 4) is 17.1 Å². The number of amides is 1. The Morgan fingerprint density at radius 1 is 1.10 bits per heavy atom. The minimum atomic E-state index is 0.0233. The summed E-state index contributed by atoms with van der Waals surface area (Å²) in [7, 11) is 1.63. The predicted molar refractivity (Wildman–Crippen MR) is 115 cm³/mol. The highest BCUT2D eigenvalue weighted by atomic mass is 16.5. The molecule has 1 fully saturated rings. The lowest BCUT2D eigenvalue weighted by Gasteiger charge is -2.29. The van der Waals surface area contributed by atoms with Gasteiger partial charge in [0.15, 0.2) is 0 Å². The molecule has 154 valence electrons. The van der Waals surface area contributed by atoms with Crippen molar-refractivity contribution in [2.45, 2.75) is 25.7 Å². The van der Waals surface area contributed by atoms with Crippen molar-refractivity contribution in [3.63, 3.8) is 0 Å². The minimum absolute atomic E-state index is 0.0233. The van der Waals surface area contributed by atoms with E-state index in [9.17, 15) is 4.79 Å². The van der Waals surface area contributed by atoms with E-state index in [1.165, 1.54) is 5.56 Å². The monoisotopic (exact) mass is 403 g/mol. The van der Waals surface area contributed by atoms with Crippen molar-refractivity contribution < 1.29 is 14.1 Å². The van der Waals surface area contributed by atoms with Crippen molar-refractivity contribution in [1.29, 1.82) is 0 Å². The summed E-state index contributed by atoms with van der Waals surface area (Å²) in [5.41, 5.74) is 3.11. The average molecular weight is 403 g/mol. The SMILES string of the molecule is COc1ccc(/C=C/C(=O)N2CCC(c3nc(-c4ccc(C)cc4)no3)CC2)cc1. The summed E-state index contributed by atoms with van der Waals surface area (Å²) in [4.78, 5) is 19.0. The molecule has 0 unspecified atom stereocenters. The normalized spacial score (nSPS) is 14.9. The van der Waals surface area contributed by atoms with E-state index in [1.807, 2.05) is 66.4 Å². The molecular weight excluding hydrogens is 378 g/mol. The number of benzene rings is 2. The summed E-state index contributed by atoms with van der Waals surface area (Å²) < 4.78 is 10.7. The van der Waals surface area contributed by atoms with Gasteiger partial charge in [-0.05, 0) is 43.5 Å². The first-order valence-electron chi connectivity index (χ1n) is 10.1. The lowest BCUT2D eigenvalue weighted by molar-refractivity contribution is -0.127. The molecule has 1 aliphatic rings. The van der Waals surface area contributed by atoms with Crippen molar-refractivity contribution in [2.75, 3.05) is 20.2 Å². The molecule has 3 aromatic rings. The van der Waals surface area contributed by atoms with Crippen LogP contribution in [0, 0.1) is 6.92 Å². The average Bonchev–Trinajstić information content (AvgIpc) is 3.29. The molecule has 2 heterocycles. The first-order valence-corrected chi connectivity index (χ1v) is 10.1. The molecule has 0 N–H and O–H groups in total. The van der Waals surface area contributed by atoms with Gasteiger partial charge in [-0.1, -0.05) is 47.1 Å². The van der Waals surface area contributed by atoms with Crippen molar-refractivity contribution in [3.05, 3.63) is 71.6 Å². The van der Waals surface area contributed by atoms with Crippen LogP contribution in [0.4, 0.5) is 0 Å². The number of aryl methyl sites for hydroxylation is 1. The molecule has 0 spiro atoms. The van der Waals surface area contributed by atoms with E-state index >= 15 is 0 Å². The van der Waals surface area contributed by atoms with E-state index in [2.05, 4.69) is 10.1 Å². The largest absolute Gasteiger partial charge is 0.497 e. The number of hydrogen-bond donors (Lipinski definition) is 0. The van der Waals surface area contributed by atoms with E-state index in [-0.39, 0.29) is 11.8 Å². The van der Waals surface area contributed by atoms with Gasteiger partial charge in [0.25, 0.3) is 0 Å². The van der Waals surface area contributed by atoms with Crippen molar-refractivity contribution in [2.24, 2.45) is 0 Å². The Hall–Kier alpha value is -3.41. The molecule has 0 radical (unpaired) electrons. The van der Waals surface area contributed by atoms with Gasteiger partial charge in [0.05, 0.1) is 7.11 Å². The number of rotatable bonds is 5.